The molecule has 0 N–H and O–H groups in total. The summed E-state index contributed by atoms with van der Waals surface area (Å²) in [4.78, 5) is 39.1. The van der Waals surface area contributed by atoms with Crippen LogP contribution in [-0.4, -0.2) is 35.5 Å². The summed E-state index contributed by atoms with van der Waals surface area (Å²) in [5, 5.41) is 0. The van der Waals surface area contributed by atoms with Crippen molar-refractivity contribution in [2.24, 2.45) is 35.5 Å². The second-order valence-corrected chi connectivity index (χ2v) is 8.11. The number of imide groups is 1. The molecule has 5 aliphatic rings. The van der Waals surface area contributed by atoms with Crippen molar-refractivity contribution in [3.8, 4) is 0 Å². The van der Waals surface area contributed by atoms with Crippen LogP contribution in [0.2, 0.25) is 0 Å². The number of carbonyl (C=O) groups is 3. The first kappa shape index (κ1) is 18.3. The molecule has 9 heteroatoms. The van der Waals surface area contributed by atoms with Gasteiger partial charge in [0.2, 0.25) is 11.8 Å². The molecule has 5 nitrogen and oxygen atoms in total. The molecule has 0 aromatic heterocycles. The first-order valence-corrected chi connectivity index (χ1v) is 9.36. The molecule has 2 bridgehead atoms. The average molecular weight is 408 g/mol. The molecule has 1 aromatic carbocycles. The van der Waals surface area contributed by atoms with Crippen LogP contribution in [0.4, 0.5) is 23.2 Å². The van der Waals surface area contributed by atoms with Crippen LogP contribution < -0.4 is 4.90 Å². The van der Waals surface area contributed by atoms with Gasteiger partial charge >= 0.3 is 12.1 Å². The molecule has 0 spiro atoms. The summed E-state index contributed by atoms with van der Waals surface area (Å²) < 4.78 is 52.7. The fourth-order valence-electron chi connectivity index (χ4n) is 5.34. The van der Waals surface area contributed by atoms with E-state index in [0.29, 0.717) is 16.7 Å². The van der Waals surface area contributed by atoms with Gasteiger partial charge in [-0.15, -0.1) is 0 Å². The van der Waals surface area contributed by atoms with E-state index in [1.165, 1.54) is 0 Å². The van der Waals surface area contributed by atoms with Gasteiger partial charge in [-0.25, -0.2) is 4.39 Å². The normalized spacial score (nSPS) is 34.3. The minimum absolute atomic E-state index is 0.0750. The van der Waals surface area contributed by atoms with E-state index in [1.54, 1.807) is 0 Å². The molecule has 2 saturated carbocycles. The zero-order valence-corrected chi connectivity index (χ0v) is 15.0. The average Bonchev–Trinajstić information content (AvgIpc) is 3.46. The number of hydrogen-bond donors (Lipinski definition) is 0. The van der Waals surface area contributed by atoms with Crippen LogP contribution in [0.5, 0.6) is 0 Å². The van der Waals surface area contributed by atoms with Crippen molar-refractivity contribution in [1.82, 2.24) is 4.90 Å². The molecule has 1 saturated heterocycles. The molecule has 152 valence electrons. The minimum Gasteiger partial charge on any atom is -0.286 e. The van der Waals surface area contributed by atoms with Gasteiger partial charge in [0.15, 0.2) is 0 Å². The lowest BCUT2D eigenvalue weighted by atomic mass is 9.63. The first-order chi connectivity index (χ1) is 13.7. The maximum Gasteiger partial charge on any atom is 0.471 e. The van der Waals surface area contributed by atoms with Crippen molar-refractivity contribution in [2.75, 3.05) is 11.6 Å². The molecular formula is C20H16F4N2O3. The molecule has 4 aliphatic carbocycles. The van der Waals surface area contributed by atoms with Crippen molar-refractivity contribution in [2.45, 2.75) is 12.6 Å². The van der Waals surface area contributed by atoms with Crippen LogP contribution in [-0.2, 0) is 14.4 Å². The first-order valence-electron chi connectivity index (χ1n) is 9.36. The van der Waals surface area contributed by atoms with Gasteiger partial charge in [0.1, 0.15) is 12.5 Å². The minimum atomic E-state index is -5.21. The summed E-state index contributed by atoms with van der Waals surface area (Å²) >= 11 is 0. The van der Waals surface area contributed by atoms with E-state index in [1.807, 2.05) is 12.2 Å². The van der Waals surface area contributed by atoms with Gasteiger partial charge in [0, 0.05) is 5.69 Å². The Morgan fingerprint density at radius 2 is 1.52 bits per heavy atom. The Morgan fingerprint density at radius 3 is 2.00 bits per heavy atom. The third-order valence-electron chi connectivity index (χ3n) is 6.66. The smallest absolute Gasteiger partial charge is 0.286 e. The number of likely N-dealkylation sites (tertiary alicyclic amines) is 1. The van der Waals surface area contributed by atoms with Crippen LogP contribution in [0.15, 0.2) is 36.4 Å². The molecule has 3 amide bonds. The number of hydrogen-bond acceptors (Lipinski definition) is 3. The van der Waals surface area contributed by atoms with Crippen molar-refractivity contribution >= 4 is 23.4 Å². The fourth-order valence-corrected chi connectivity index (χ4v) is 5.34. The largest absolute Gasteiger partial charge is 0.471 e. The Hall–Kier alpha value is -2.71. The number of benzene rings is 1. The predicted molar refractivity (Wildman–Crippen MR) is 91.4 cm³/mol. The van der Waals surface area contributed by atoms with Gasteiger partial charge in [-0.1, -0.05) is 12.2 Å². The molecule has 29 heavy (non-hydrogen) atoms. The van der Waals surface area contributed by atoms with Gasteiger partial charge in [-0.05, 0) is 54.4 Å². The number of rotatable bonds is 3. The van der Waals surface area contributed by atoms with Crippen LogP contribution in [0.1, 0.15) is 6.42 Å². The number of allylic oxidation sites excluding steroid dienone is 2. The second kappa shape index (κ2) is 5.90. The van der Waals surface area contributed by atoms with Crippen LogP contribution in [0.3, 0.4) is 0 Å². The van der Waals surface area contributed by atoms with Crippen molar-refractivity contribution in [3.63, 3.8) is 0 Å². The zero-order valence-electron chi connectivity index (χ0n) is 15.0. The van der Waals surface area contributed by atoms with E-state index < -0.39 is 48.2 Å². The van der Waals surface area contributed by atoms with E-state index >= 15 is 0 Å². The van der Waals surface area contributed by atoms with E-state index in [2.05, 4.69) is 0 Å². The SMILES string of the molecule is O=C1[C@@H]2[C@H]3C=C[C@@H]([C@@H]4C[C@@H]34)[C@@H]2C(=O)N1CN(C(=O)C(F)(F)F)c1ccc(F)cc1. The van der Waals surface area contributed by atoms with Crippen LogP contribution in [0, 0.1) is 41.3 Å². The molecule has 1 aliphatic heterocycles. The summed E-state index contributed by atoms with van der Waals surface area (Å²) in [5.74, 6) is -4.56. The Bertz CT molecular complexity index is 906. The lowest BCUT2D eigenvalue weighted by Gasteiger charge is -2.37. The van der Waals surface area contributed by atoms with Gasteiger partial charge in [0.25, 0.3) is 0 Å². The molecule has 3 fully saturated rings. The van der Waals surface area contributed by atoms with E-state index in [0.717, 1.165) is 35.6 Å². The Labute approximate surface area is 162 Å². The summed E-state index contributed by atoms with van der Waals surface area (Å²) in [7, 11) is 0. The van der Waals surface area contributed by atoms with Crippen molar-refractivity contribution < 1.29 is 31.9 Å². The molecule has 0 radical (unpaired) electrons. The quantitative estimate of drug-likeness (QED) is 0.439. The van der Waals surface area contributed by atoms with E-state index in [-0.39, 0.29) is 17.5 Å². The Balaban J connectivity index is 1.46. The zero-order chi connectivity index (χ0) is 20.7. The summed E-state index contributed by atoms with van der Waals surface area (Å²) in [6.07, 6.45) is -0.347. The molecule has 1 heterocycles. The lowest BCUT2D eigenvalue weighted by Crippen LogP contribution is -2.49. The number of anilines is 1. The Kier molecular flexibility index (Phi) is 3.73. The number of alkyl halides is 3. The highest BCUT2D eigenvalue weighted by Crippen LogP contribution is 2.65. The standard InChI is InChI=1S/C20H16F4N2O3/c21-9-1-3-10(4-2-9)25(19(29)20(22,23)24)8-26-17(27)15-11-5-6-12(14-7-13(11)14)16(15)18(26)28/h1-6,11-16H,7-8H2/t11-,12-,13-,14-,15-,16+/m0/s1. The second-order valence-electron chi connectivity index (χ2n) is 8.11. The molecule has 0 unspecified atom stereocenters. The van der Waals surface area contributed by atoms with Crippen molar-refractivity contribution in [3.05, 3.63) is 42.2 Å². The molecule has 6 rings (SSSR count). The third kappa shape index (κ3) is 2.63. The van der Waals surface area contributed by atoms with Gasteiger partial charge in [-0.3, -0.25) is 24.2 Å². The lowest BCUT2D eigenvalue weighted by molar-refractivity contribution is -0.171. The fraction of sp³-hybridized carbons (Fsp3) is 0.450. The summed E-state index contributed by atoms with van der Waals surface area (Å²) in [6, 6.07) is 3.85. The summed E-state index contributed by atoms with van der Waals surface area (Å²) in [6.45, 7) is -0.844. The molecule has 6 atom stereocenters. The van der Waals surface area contributed by atoms with E-state index in [4.69, 9.17) is 0 Å². The topological polar surface area (TPSA) is 57.7 Å². The summed E-state index contributed by atoms with van der Waals surface area (Å²) in [5.41, 5.74) is -0.242. The predicted octanol–water partition coefficient (Wildman–Crippen LogP) is 2.73. The highest BCUT2D eigenvalue weighted by atomic mass is 19.4. The number of carbonyl (C=O) groups excluding carboxylic acids is 3. The maximum absolute atomic E-state index is 13.2. The maximum atomic E-state index is 13.2. The number of halogens is 4. The number of amides is 3. The third-order valence-corrected chi connectivity index (χ3v) is 6.66. The van der Waals surface area contributed by atoms with Gasteiger partial charge in [-0.2, -0.15) is 13.2 Å². The van der Waals surface area contributed by atoms with Gasteiger partial charge in [0.05, 0.1) is 11.8 Å². The van der Waals surface area contributed by atoms with Crippen LogP contribution >= 0.6 is 0 Å². The van der Waals surface area contributed by atoms with Gasteiger partial charge < -0.3 is 0 Å². The van der Waals surface area contributed by atoms with Crippen LogP contribution in [0.25, 0.3) is 0 Å². The highest BCUT2D eigenvalue weighted by Gasteiger charge is 2.67. The molecular weight excluding hydrogens is 392 g/mol. The van der Waals surface area contributed by atoms with Crippen molar-refractivity contribution in [1.29, 1.82) is 0 Å². The highest BCUT2D eigenvalue weighted by molar-refractivity contribution is 6.07. The Morgan fingerprint density at radius 1 is 1.00 bits per heavy atom. The monoisotopic (exact) mass is 408 g/mol. The molecule has 1 aromatic rings. The number of nitrogens with zero attached hydrogens (tertiary/aromatic N) is 2. The van der Waals surface area contributed by atoms with E-state index in [9.17, 15) is 31.9 Å².